The van der Waals surface area contributed by atoms with Crippen LogP contribution in [0.4, 0.5) is 0 Å². The molecule has 0 bridgehead atoms. The molecule has 0 spiro atoms. The van der Waals surface area contributed by atoms with E-state index in [4.69, 9.17) is 0 Å². The predicted molar refractivity (Wildman–Crippen MR) is 87.7 cm³/mol. The van der Waals surface area contributed by atoms with Crippen LogP contribution in [0.25, 0.3) is 0 Å². The van der Waals surface area contributed by atoms with E-state index in [9.17, 15) is 0 Å². The topological polar surface area (TPSA) is 15.3 Å². The molecule has 0 aromatic carbocycles. The molecule has 1 N–H and O–H groups in total. The van der Waals surface area contributed by atoms with Crippen LogP contribution in [0.1, 0.15) is 67.7 Å². The van der Waals surface area contributed by atoms with Crippen molar-refractivity contribution in [3.05, 3.63) is 0 Å². The van der Waals surface area contributed by atoms with Gasteiger partial charge in [0.25, 0.3) is 0 Å². The molecule has 0 aromatic heterocycles. The molecule has 0 heterocycles. The lowest BCUT2D eigenvalue weighted by molar-refractivity contribution is 0.189. The molecule has 0 aliphatic carbocycles. The molecule has 2 heteroatoms. The van der Waals surface area contributed by atoms with E-state index in [1.165, 1.54) is 38.9 Å². The van der Waals surface area contributed by atoms with Gasteiger partial charge in [-0.1, -0.05) is 61.3 Å². The van der Waals surface area contributed by atoms with Gasteiger partial charge in [0.1, 0.15) is 0 Å². The second-order valence-electron chi connectivity index (χ2n) is 6.84. The van der Waals surface area contributed by atoms with Gasteiger partial charge in [-0.2, -0.15) is 0 Å². The van der Waals surface area contributed by atoms with Crippen molar-refractivity contribution in [1.82, 2.24) is 10.2 Å². The van der Waals surface area contributed by atoms with Gasteiger partial charge < -0.3 is 10.2 Å². The van der Waals surface area contributed by atoms with E-state index in [-0.39, 0.29) is 0 Å². The van der Waals surface area contributed by atoms with Gasteiger partial charge in [-0.05, 0) is 37.4 Å². The van der Waals surface area contributed by atoms with Crippen LogP contribution in [-0.4, -0.2) is 37.1 Å². The van der Waals surface area contributed by atoms with Crippen molar-refractivity contribution in [1.29, 1.82) is 0 Å². The first-order chi connectivity index (χ1) is 8.88. The van der Waals surface area contributed by atoms with Gasteiger partial charge in [0.2, 0.25) is 0 Å². The number of hydrogen-bond donors (Lipinski definition) is 1. The molecule has 0 saturated heterocycles. The molecule has 0 aromatic rings. The van der Waals surface area contributed by atoms with E-state index in [1.54, 1.807) is 0 Å². The molecule has 19 heavy (non-hydrogen) atoms. The zero-order valence-electron chi connectivity index (χ0n) is 14.6. The predicted octanol–water partition coefficient (Wildman–Crippen LogP) is 4.16. The Morgan fingerprint density at radius 2 is 1.58 bits per heavy atom. The van der Waals surface area contributed by atoms with E-state index in [1.807, 2.05) is 0 Å². The Hall–Kier alpha value is -0.0800. The van der Waals surface area contributed by atoms with Crippen LogP contribution < -0.4 is 5.32 Å². The van der Waals surface area contributed by atoms with Gasteiger partial charge in [0, 0.05) is 12.6 Å². The highest BCUT2D eigenvalue weighted by atomic mass is 15.1. The van der Waals surface area contributed by atoms with Crippen LogP contribution in [0.5, 0.6) is 0 Å². The average Bonchev–Trinajstić information content (AvgIpc) is 2.36. The fourth-order valence-electron chi connectivity index (χ4n) is 2.69. The molecule has 0 amide bonds. The number of hydrogen-bond acceptors (Lipinski definition) is 2. The van der Waals surface area contributed by atoms with Gasteiger partial charge in [0.15, 0.2) is 0 Å². The third-order valence-electron chi connectivity index (χ3n) is 4.35. The zero-order valence-corrected chi connectivity index (χ0v) is 14.6. The van der Waals surface area contributed by atoms with Gasteiger partial charge in [-0.25, -0.2) is 0 Å². The van der Waals surface area contributed by atoms with Crippen LogP contribution in [0.2, 0.25) is 0 Å². The molecule has 0 radical (unpaired) electrons. The second kappa shape index (κ2) is 9.77. The smallest absolute Gasteiger partial charge is 0.0128 e. The molecule has 0 saturated carbocycles. The minimum absolute atomic E-state index is 0.352. The van der Waals surface area contributed by atoms with Crippen molar-refractivity contribution >= 4 is 0 Å². The SMILES string of the molecule is CCNC(CCN(CC)CC(CC)CC)C(C)(C)C. The van der Waals surface area contributed by atoms with Crippen molar-refractivity contribution in [3.63, 3.8) is 0 Å². The lowest BCUT2D eigenvalue weighted by Crippen LogP contribution is -2.43. The molecule has 2 nitrogen and oxygen atoms in total. The van der Waals surface area contributed by atoms with Gasteiger partial charge in [-0.3, -0.25) is 0 Å². The van der Waals surface area contributed by atoms with E-state index < -0.39 is 0 Å². The van der Waals surface area contributed by atoms with Crippen LogP contribution in [0.3, 0.4) is 0 Å². The summed E-state index contributed by atoms with van der Waals surface area (Å²) < 4.78 is 0. The Kier molecular flexibility index (Phi) is 9.72. The maximum Gasteiger partial charge on any atom is 0.0128 e. The maximum absolute atomic E-state index is 3.66. The summed E-state index contributed by atoms with van der Waals surface area (Å²) in [4.78, 5) is 2.63. The first kappa shape index (κ1) is 18.9. The second-order valence-corrected chi connectivity index (χ2v) is 6.84. The quantitative estimate of drug-likeness (QED) is 0.641. The van der Waals surface area contributed by atoms with Gasteiger partial charge in [-0.15, -0.1) is 0 Å². The average molecular weight is 271 g/mol. The Bertz CT molecular complexity index is 204. The summed E-state index contributed by atoms with van der Waals surface area (Å²) in [6.07, 6.45) is 3.87. The van der Waals surface area contributed by atoms with E-state index in [0.717, 1.165) is 12.5 Å². The Morgan fingerprint density at radius 1 is 1.00 bits per heavy atom. The van der Waals surface area contributed by atoms with Crippen LogP contribution in [0, 0.1) is 11.3 Å². The third kappa shape index (κ3) is 7.94. The molecular weight excluding hydrogens is 232 g/mol. The van der Waals surface area contributed by atoms with Crippen molar-refractivity contribution in [2.45, 2.75) is 73.8 Å². The van der Waals surface area contributed by atoms with Crippen LogP contribution >= 0.6 is 0 Å². The Labute approximate surface area is 122 Å². The number of rotatable bonds is 10. The summed E-state index contributed by atoms with van der Waals surface area (Å²) in [5, 5.41) is 3.66. The molecule has 0 fully saturated rings. The van der Waals surface area contributed by atoms with Crippen molar-refractivity contribution in [2.75, 3.05) is 26.2 Å². The van der Waals surface area contributed by atoms with Crippen LogP contribution in [-0.2, 0) is 0 Å². The molecule has 1 atom stereocenters. The van der Waals surface area contributed by atoms with E-state index in [0.29, 0.717) is 11.5 Å². The monoisotopic (exact) mass is 270 g/mol. The minimum atomic E-state index is 0.352. The van der Waals surface area contributed by atoms with Gasteiger partial charge >= 0.3 is 0 Å². The highest BCUT2D eigenvalue weighted by Crippen LogP contribution is 2.22. The number of nitrogens with zero attached hydrogens (tertiary/aromatic N) is 1. The highest BCUT2D eigenvalue weighted by Gasteiger charge is 2.24. The van der Waals surface area contributed by atoms with E-state index in [2.05, 4.69) is 58.7 Å². The summed E-state index contributed by atoms with van der Waals surface area (Å²) in [6.45, 7) is 20.9. The largest absolute Gasteiger partial charge is 0.314 e. The summed E-state index contributed by atoms with van der Waals surface area (Å²) >= 11 is 0. The van der Waals surface area contributed by atoms with Gasteiger partial charge in [0.05, 0.1) is 0 Å². The summed E-state index contributed by atoms with van der Waals surface area (Å²) in [5.74, 6) is 0.868. The van der Waals surface area contributed by atoms with Crippen molar-refractivity contribution in [2.24, 2.45) is 11.3 Å². The fraction of sp³-hybridized carbons (Fsp3) is 1.00. The highest BCUT2D eigenvalue weighted by molar-refractivity contribution is 4.81. The molecule has 0 rings (SSSR count). The first-order valence-electron chi connectivity index (χ1n) is 8.34. The first-order valence-corrected chi connectivity index (χ1v) is 8.34. The minimum Gasteiger partial charge on any atom is -0.314 e. The van der Waals surface area contributed by atoms with Crippen molar-refractivity contribution < 1.29 is 0 Å². The summed E-state index contributed by atoms with van der Waals surface area (Å²) in [6, 6.07) is 0.619. The fourth-order valence-corrected chi connectivity index (χ4v) is 2.69. The summed E-state index contributed by atoms with van der Waals surface area (Å²) in [7, 11) is 0. The normalized spacial score (nSPS) is 14.4. The Balaban J connectivity index is 4.29. The standard InChI is InChI=1S/C17H38N2/c1-8-15(9-2)14-19(11-4)13-12-16(18-10-3)17(5,6)7/h15-16,18H,8-14H2,1-7H3. The lowest BCUT2D eigenvalue weighted by atomic mass is 9.84. The molecule has 0 aliphatic rings. The Morgan fingerprint density at radius 3 is 1.95 bits per heavy atom. The molecule has 1 unspecified atom stereocenters. The molecular formula is C17H38N2. The third-order valence-corrected chi connectivity index (χ3v) is 4.35. The van der Waals surface area contributed by atoms with Crippen LogP contribution in [0.15, 0.2) is 0 Å². The molecule has 116 valence electrons. The number of nitrogens with one attached hydrogen (secondary N) is 1. The maximum atomic E-state index is 3.66. The molecule has 0 aliphatic heterocycles. The lowest BCUT2D eigenvalue weighted by Gasteiger charge is -2.34. The summed E-state index contributed by atoms with van der Waals surface area (Å²) in [5.41, 5.74) is 0.352. The van der Waals surface area contributed by atoms with Crippen molar-refractivity contribution in [3.8, 4) is 0 Å². The zero-order chi connectivity index (χ0) is 14.9. The van der Waals surface area contributed by atoms with E-state index >= 15 is 0 Å².